The molecule has 2 heterocycles. The van der Waals surface area contributed by atoms with Crippen LogP contribution in [0.1, 0.15) is 18.4 Å². The lowest BCUT2D eigenvalue weighted by Crippen LogP contribution is -2.43. The molecule has 0 aliphatic carbocycles. The molecule has 0 unspecified atom stereocenters. The quantitative estimate of drug-likeness (QED) is 0.643. The molecule has 3 rings (SSSR count). The standard InChI is InChI=1S/C20H24FN3O3S2/c21-19-6-2-1-4-17(19)15-28-13-10-23-20(25)16-7-11-24(12-8-16)29(26,27)18-5-3-9-22-14-18/h1-6,9,14,16H,7-8,10-13,15H2,(H,23,25). The van der Waals surface area contributed by atoms with Crippen molar-refractivity contribution in [3.63, 3.8) is 0 Å². The number of halogens is 1. The highest BCUT2D eigenvalue weighted by atomic mass is 32.2. The van der Waals surface area contributed by atoms with Crippen molar-refractivity contribution in [3.05, 3.63) is 60.2 Å². The minimum atomic E-state index is -3.56. The van der Waals surface area contributed by atoms with Gasteiger partial charge in [-0.25, -0.2) is 12.8 Å². The number of sulfonamides is 1. The maximum absolute atomic E-state index is 13.6. The van der Waals surface area contributed by atoms with E-state index in [-0.39, 0.29) is 22.5 Å². The molecule has 6 nitrogen and oxygen atoms in total. The topological polar surface area (TPSA) is 79.4 Å². The first-order valence-electron chi connectivity index (χ1n) is 9.47. The number of carbonyl (C=O) groups is 1. The van der Waals surface area contributed by atoms with Crippen LogP contribution in [0, 0.1) is 11.7 Å². The van der Waals surface area contributed by atoms with Gasteiger partial charge in [0.1, 0.15) is 10.7 Å². The number of hydrogen-bond donors (Lipinski definition) is 1. The van der Waals surface area contributed by atoms with E-state index in [9.17, 15) is 17.6 Å². The number of amides is 1. The Kier molecular flexibility index (Phi) is 7.63. The lowest BCUT2D eigenvalue weighted by atomic mass is 9.97. The molecule has 1 aliphatic rings. The van der Waals surface area contributed by atoms with Crippen LogP contribution in [0.3, 0.4) is 0 Å². The summed E-state index contributed by atoms with van der Waals surface area (Å²) in [6.07, 6.45) is 3.86. The Morgan fingerprint density at radius 1 is 1.21 bits per heavy atom. The number of pyridine rings is 1. The molecule has 156 valence electrons. The molecular weight excluding hydrogens is 413 g/mol. The van der Waals surface area contributed by atoms with Crippen molar-refractivity contribution < 1.29 is 17.6 Å². The van der Waals surface area contributed by atoms with Crippen molar-refractivity contribution in [3.8, 4) is 0 Å². The highest BCUT2D eigenvalue weighted by molar-refractivity contribution is 7.98. The van der Waals surface area contributed by atoms with Crippen LogP contribution in [0.5, 0.6) is 0 Å². The zero-order valence-electron chi connectivity index (χ0n) is 16.0. The van der Waals surface area contributed by atoms with Crippen LogP contribution in [0.25, 0.3) is 0 Å². The smallest absolute Gasteiger partial charge is 0.244 e. The van der Waals surface area contributed by atoms with Crippen molar-refractivity contribution in [1.29, 1.82) is 0 Å². The van der Waals surface area contributed by atoms with Gasteiger partial charge in [-0.1, -0.05) is 18.2 Å². The third-order valence-corrected chi connectivity index (χ3v) is 7.75. The summed E-state index contributed by atoms with van der Waals surface area (Å²) in [5.74, 6) is 0.806. The minimum absolute atomic E-state index is 0.0464. The molecule has 1 amide bonds. The molecule has 0 bridgehead atoms. The fourth-order valence-electron chi connectivity index (χ4n) is 3.20. The van der Waals surface area contributed by atoms with Crippen molar-refractivity contribution in [2.45, 2.75) is 23.5 Å². The number of nitrogens with zero attached hydrogens (tertiary/aromatic N) is 2. The average Bonchev–Trinajstić information content (AvgIpc) is 2.75. The fraction of sp³-hybridized carbons (Fsp3) is 0.400. The Morgan fingerprint density at radius 3 is 2.66 bits per heavy atom. The number of benzene rings is 1. The monoisotopic (exact) mass is 437 g/mol. The normalized spacial score (nSPS) is 15.9. The van der Waals surface area contributed by atoms with Crippen LogP contribution in [0.4, 0.5) is 4.39 Å². The second kappa shape index (κ2) is 10.2. The molecule has 9 heteroatoms. The van der Waals surface area contributed by atoms with Gasteiger partial charge in [0.15, 0.2) is 0 Å². The van der Waals surface area contributed by atoms with Crippen LogP contribution in [-0.2, 0) is 20.6 Å². The Labute approximate surface area is 175 Å². The van der Waals surface area contributed by atoms with Gasteiger partial charge in [-0.05, 0) is 36.6 Å². The van der Waals surface area contributed by atoms with E-state index in [1.807, 2.05) is 6.07 Å². The molecule has 0 atom stereocenters. The second-order valence-corrected chi connectivity index (χ2v) is 9.85. The van der Waals surface area contributed by atoms with E-state index in [0.29, 0.717) is 49.5 Å². The molecule has 29 heavy (non-hydrogen) atoms. The zero-order valence-corrected chi connectivity index (χ0v) is 17.6. The number of hydrogen-bond acceptors (Lipinski definition) is 5. The number of carbonyl (C=O) groups excluding carboxylic acids is 1. The highest BCUT2D eigenvalue weighted by Gasteiger charge is 2.32. The van der Waals surface area contributed by atoms with Gasteiger partial charge >= 0.3 is 0 Å². The van der Waals surface area contributed by atoms with Gasteiger partial charge in [0.25, 0.3) is 0 Å². The molecule has 1 aromatic carbocycles. The highest BCUT2D eigenvalue weighted by Crippen LogP contribution is 2.23. The number of thioether (sulfide) groups is 1. The Hall–Kier alpha value is -1.97. The molecule has 1 saturated heterocycles. The molecule has 1 N–H and O–H groups in total. The summed E-state index contributed by atoms with van der Waals surface area (Å²) in [5.41, 5.74) is 0.658. The fourth-order valence-corrected chi connectivity index (χ4v) is 5.47. The minimum Gasteiger partial charge on any atom is -0.355 e. The molecule has 0 spiro atoms. The molecule has 1 aromatic heterocycles. The summed E-state index contributed by atoms with van der Waals surface area (Å²) in [5, 5.41) is 2.91. The molecule has 0 radical (unpaired) electrons. The second-order valence-electron chi connectivity index (χ2n) is 6.80. The largest absolute Gasteiger partial charge is 0.355 e. The molecule has 1 fully saturated rings. The van der Waals surface area contributed by atoms with Gasteiger partial charge in [0, 0.05) is 49.5 Å². The van der Waals surface area contributed by atoms with E-state index in [2.05, 4.69) is 10.3 Å². The van der Waals surface area contributed by atoms with Gasteiger partial charge in [0.05, 0.1) is 0 Å². The predicted octanol–water partition coefficient (Wildman–Crippen LogP) is 2.67. The summed E-state index contributed by atoms with van der Waals surface area (Å²) < 4.78 is 40.2. The molecular formula is C20H24FN3O3S2. The van der Waals surface area contributed by atoms with E-state index < -0.39 is 10.0 Å². The van der Waals surface area contributed by atoms with Crippen molar-refractivity contribution in [2.75, 3.05) is 25.4 Å². The summed E-state index contributed by atoms with van der Waals surface area (Å²) in [7, 11) is -3.56. The molecule has 0 saturated carbocycles. The van der Waals surface area contributed by atoms with Crippen LogP contribution < -0.4 is 5.32 Å². The number of piperidine rings is 1. The summed E-state index contributed by atoms with van der Waals surface area (Å²) >= 11 is 1.56. The van der Waals surface area contributed by atoms with Crippen LogP contribution in [-0.4, -0.2) is 49.0 Å². The Morgan fingerprint density at radius 2 is 1.97 bits per heavy atom. The summed E-state index contributed by atoms with van der Waals surface area (Å²) in [6.45, 7) is 1.14. The molecule has 2 aromatic rings. The first-order valence-corrected chi connectivity index (χ1v) is 12.1. The Bertz CT molecular complexity index is 918. The van der Waals surface area contributed by atoms with Crippen LogP contribution >= 0.6 is 11.8 Å². The predicted molar refractivity (Wildman–Crippen MR) is 111 cm³/mol. The van der Waals surface area contributed by atoms with Gasteiger partial charge in [-0.15, -0.1) is 0 Å². The average molecular weight is 438 g/mol. The van der Waals surface area contributed by atoms with E-state index in [0.717, 1.165) is 0 Å². The van der Waals surface area contributed by atoms with Crippen molar-refractivity contribution in [1.82, 2.24) is 14.6 Å². The first-order chi connectivity index (χ1) is 14.0. The third-order valence-electron chi connectivity index (χ3n) is 4.86. The zero-order chi connectivity index (χ0) is 20.7. The van der Waals surface area contributed by atoms with Gasteiger partial charge in [-0.3, -0.25) is 9.78 Å². The van der Waals surface area contributed by atoms with Gasteiger partial charge in [0.2, 0.25) is 15.9 Å². The number of rotatable bonds is 8. The molecule has 1 aliphatic heterocycles. The van der Waals surface area contributed by atoms with Crippen LogP contribution in [0.2, 0.25) is 0 Å². The maximum Gasteiger partial charge on any atom is 0.244 e. The van der Waals surface area contributed by atoms with Crippen molar-refractivity contribution in [2.24, 2.45) is 5.92 Å². The third kappa shape index (κ3) is 5.77. The van der Waals surface area contributed by atoms with Gasteiger partial charge in [-0.2, -0.15) is 16.1 Å². The van der Waals surface area contributed by atoms with E-state index >= 15 is 0 Å². The number of aromatic nitrogens is 1. The lowest BCUT2D eigenvalue weighted by molar-refractivity contribution is -0.125. The van der Waals surface area contributed by atoms with Crippen LogP contribution in [0.15, 0.2) is 53.7 Å². The summed E-state index contributed by atoms with van der Waals surface area (Å²) in [6, 6.07) is 9.79. The van der Waals surface area contributed by atoms with E-state index in [1.165, 1.54) is 28.8 Å². The van der Waals surface area contributed by atoms with E-state index in [4.69, 9.17) is 0 Å². The summed E-state index contributed by atoms with van der Waals surface area (Å²) in [4.78, 5) is 16.4. The van der Waals surface area contributed by atoms with Crippen molar-refractivity contribution >= 4 is 27.7 Å². The van der Waals surface area contributed by atoms with Gasteiger partial charge < -0.3 is 5.32 Å². The maximum atomic E-state index is 13.6. The lowest BCUT2D eigenvalue weighted by Gasteiger charge is -2.30. The number of nitrogens with one attached hydrogen (secondary N) is 1. The Balaban J connectivity index is 1.38. The van der Waals surface area contributed by atoms with E-state index in [1.54, 1.807) is 30.0 Å². The first kappa shape index (κ1) is 21.7. The SMILES string of the molecule is O=C(NCCSCc1ccccc1F)C1CCN(S(=O)(=O)c2cccnc2)CC1.